The van der Waals surface area contributed by atoms with Crippen LogP contribution in [0, 0.1) is 0 Å². The first kappa shape index (κ1) is 18.0. The Morgan fingerprint density at radius 2 is 1.79 bits per heavy atom. The Hall–Kier alpha value is -3.39. The molecule has 0 aliphatic rings. The third-order valence-electron chi connectivity index (χ3n) is 4.55. The first-order valence-corrected chi connectivity index (χ1v) is 9.21. The Morgan fingerprint density at radius 3 is 2.43 bits per heavy atom. The van der Waals surface area contributed by atoms with Gasteiger partial charge >= 0.3 is 0 Å². The Morgan fingerprint density at radius 1 is 1.04 bits per heavy atom. The number of nitrogens with two attached hydrogens (primary N) is 1. The first-order valence-electron chi connectivity index (χ1n) is 9.21. The van der Waals surface area contributed by atoms with Crippen molar-refractivity contribution in [2.45, 2.75) is 32.9 Å². The standard InChI is InChI=1S/C20H22N8/c1-13(2)20-22-18(11-21)25-28(20)12-14-7-9-15(10-8-14)16-5-3-4-6-17(16)19-23-26-27-24-19/h3-10,13H,11-12,21H2,1-2H3,(H,23,24,26,27). The Labute approximate surface area is 162 Å². The molecule has 0 unspecified atom stereocenters. The molecule has 0 saturated carbocycles. The van der Waals surface area contributed by atoms with Crippen LogP contribution in [-0.2, 0) is 13.1 Å². The third kappa shape index (κ3) is 3.54. The highest BCUT2D eigenvalue weighted by Crippen LogP contribution is 2.29. The molecule has 0 fully saturated rings. The van der Waals surface area contributed by atoms with E-state index in [1.165, 1.54) is 0 Å². The molecule has 8 nitrogen and oxygen atoms in total. The van der Waals surface area contributed by atoms with Crippen molar-refractivity contribution in [3.63, 3.8) is 0 Å². The number of rotatable bonds is 6. The molecule has 0 spiro atoms. The van der Waals surface area contributed by atoms with Crippen molar-refractivity contribution in [3.05, 3.63) is 65.7 Å². The molecule has 2 heterocycles. The highest BCUT2D eigenvalue weighted by molar-refractivity contribution is 5.80. The van der Waals surface area contributed by atoms with Crippen molar-refractivity contribution >= 4 is 0 Å². The van der Waals surface area contributed by atoms with Crippen LogP contribution in [0.2, 0.25) is 0 Å². The molecule has 0 atom stereocenters. The molecule has 4 aromatic rings. The molecular formula is C20H22N8. The van der Waals surface area contributed by atoms with Gasteiger partial charge in [-0.3, -0.25) is 0 Å². The van der Waals surface area contributed by atoms with Crippen molar-refractivity contribution < 1.29 is 0 Å². The number of benzene rings is 2. The van der Waals surface area contributed by atoms with E-state index in [-0.39, 0.29) is 5.92 Å². The summed E-state index contributed by atoms with van der Waals surface area (Å²) in [5.74, 6) is 2.49. The van der Waals surface area contributed by atoms with E-state index < -0.39 is 0 Å². The van der Waals surface area contributed by atoms with Gasteiger partial charge in [0, 0.05) is 11.5 Å². The summed E-state index contributed by atoms with van der Waals surface area (Å²) in [5.41, 5.74) is 9.95. The molecule has 3 N–H and O–H groups in total. The first-order chi connectivity index (χ1) is 13.7. The van der Waals surface area contributed by atoms with Gasteiger partial charge in [-0.2, -0.15) is 10.3 Å². The molecule has 0 aliphatic heterocycles. The van der Waals surface area contributed by atoms with Crippen LogP contribution >= 0.6 is 0 Å². The van der Waals surface area contributed by atoms with Crippen LogP contribution in [0.3, 0.4) is 0 Å². The molecule has 2 aromatic carbocycles. The molecule has 2 aromatic heterocycles. The molecular weight excluding hydrogens is 352 g/mol. The normalized spacial score (nSPS) is 11.3. The number of H-pyrrole nitrogens is 1. The average molecular weight is 374 g/mol. The molecule has 4 rings (SSSR count). The van der Waals surface area contributed by atoms with Crippen LogP contribution in [0.1, 0.15) is 37.0 Å². The minimum atomic E-state index is 0.286. The van der Waals surface area contributed by atoms with Gasteiger partial charge in [0.1, 0.15) is 5.82 Å². The van der Waals surface area contributed by atoms with E-state index in [2.05, 4.69) is 74.9 Å². The third-order valence-corrected chi connectivity index (χ3v) is 4.55. The minimum absolute atomic E-state index is 0.286. The summed E-state index contributed by atoms with van der Waals surface area (Å²) in [6, 6.07) is 16.4. The number of hydrogen-bond donors (Lipinski definition) is 2. The molecule has 0 amide bonds. The molecule has 0 radical (unpaired) electrons. The Balaban J connectivity index is 1.62. The predicted molar refractivity (Wildman–Crippen MR) is 106 cm³/mol. The predicted octanol–water partition coefficient (Wildman–Crippen LogP) is 2.76. The zero-order valence-electron chi connectivity index (χ0n) is 15.9. The molecule has 8 heteroatoms. The molecule has 0 saturated heterocycles. The van der Waals surface area contributed by atoms with Crippen LogP contribution in [-0.4, -0.2) is 35.4 Å². The monoisotopic (exact) mass is 374 g/mol. The lowest BCUT2D eigenvalue weighted by molar-refractivity contribution is 0.604. The second kappa shape index (κ2) is 7.69. The van der Waals surface area contributed by atoms with Crippen molar-refractivity contribution in [1.82, 2.24) is 35.4 Å². The molecule has 142 valence electrons. The van der Waals surface area contributed by atoms with Crippen molar-refractivity contribution in [2.75, 3.05) is 0 Å². The van der Waals surface area contributed by atoms with E-state index in [0.29, 0.717) is 24.7 Å². The molecule has 28 heavy (non-hydrogen) atoms. The van der Waals surface area contributed by atoms with E-state index >= 15 is 0 Å². The van der Waals surface area contributed by atoms with E-state index in [1.807, 2.05) is 22.9 Å². The van der Waals surface area contributed by atoms with Gasteiger partial charge < -0.3 is 5.73 Å². The number of tetrazole rings is 1. The summed E-state index contributed by atoms with van der Waals surface area (Å²) < 4.78 is 1.94. The average Bonchev–Trinajstić information content (AvgIpc) is 3.39. The van der Waals surface area contributed by atoms with Crippen molar-refractivity contribution in [2.24, 2.45) is 5.73 Å². The van der Waals surface area contributed by atoms with Crippen molar-refractivity contribution in [3.8, 4) is 22.5 Å². The second-order valence-electron chi connectivity index (χ2n) is 6.88. The SMILES string of the molecule is CC(C)c1nc(CN)nn1Cc1ccc(-c2ccccc2-c2nn[nH]n2)cc1. The van der Waals surface area contributed by atoms with Gasteiger partial charge in [-0.1, -0.05) is 62.4 Å². The second-order valence-corrected chi connectivity index (χ2v) is 6.88. The quantitative estimate of drug-likeness (QED) is 0.537. The fourth-order valence-corrected chi connectivity index (χ4v) is 3.20. The fourth-order valence-electron chi connectivity index (χ4n) is 3.20. The lowest BCUT2D eigenvalue weighted by Crippen LogP contribution is -2.08. The number of nitrogens with one attached hydrogen (secondary N) is 1. The summed E-state index contributed by atoms with van der Waals surface area (Å²) in [7, 11) is 0. The molecule has 0 aliphatic carbocycles. The highest BCUT2D eigenvalue weighted by atomic mass is 15.5. The highest BCUT2D eigenvalue weighted by Gasteiger charge is 2.14. The number of aromatic nitrogens is 7. The van der Waals surface area contributed by atoms with Crippen LogP contribution in [0.25, 0.3) is 22.5 Å². The van der Waals surface area contributed by atoms with Crippen LogP contribution in [0.4, 0.5) is 0 Å². The maximum absolute atomic E-state index is 5.71. The summed E-state index contributed by atoms with van der Waals surface area (Å²) in [6.45, 7) is 5.23. The topological polar surface area (TPSA) is 111 Å². The summed E-state index contributed by atoms with van der Waals surface area (Å²) in [5, 5.41) is 18.9. The van der Waals surface area contributed by atoms with Gasteiger partial charge in [0.2, 0.25) is 5.82 Å². The summed E-state index contributed by atoms with van der Waals surface area (Å²) in [6.07, 6.45) is 0. The summed E-state index contributed by atoms with van der Waals surface area (Å²) in [4.78, 5) is 4.53. The number of hydrogen-bond acceptors (Lipinski definition) is 6. The van der Waals surface area contributed by atoms with Gasteiger partial charge in [0.25, 0.3) is 0 Å². The van der Waals surface area contributed by atoms with Gasteiger partial charge in [-0.15, -0.1) is 10.2 Å². The number of nitrogens with zero attached hydrogens (tertiary/aromatic N) is 6. The lowest BCUT2D eigenvalue weighted by Gasteiger charge is -2.10. The van der Waals surface area contributed by atoms with Gasteiger partial charge in [0.05, 0.1) is 13.1 Å². The smallest absolute Gasteiger partial charge is 0.205 e. The van der Waals surface area contributed by atoms with Crippen LogP contribution < -0.4 is 5.73 Å². The van der Waals surface area contributed by atoms with Crippen LogP contribution in [0.5, 0.6) is 0 Å². The van der Waals surface area contributed by atoms with Gasteiger partial charge in [-0.05, 0) is 21.9 Å². The summed E-state index contributed by atoms with van der Waals surface area (Å²) >= 11 is 0. The van der Waals surface area contributed by atoms with E-state index in [9.17, 15) is 0 Å². The largest absolute Gasteiger partial charge is 0.324 e. The van der Waals surface area contributed by atoms with Gasteiger partial charge in [0.15, 0.2) is 5.82 Å². The fraction of sp³-hybridized carbons (Fsp3) is 0.250. The minimum Gasteiger partial charge on any atom is -0.324 e. The molecule has 0 bridgehead atoms. The Bertz CT molecular complexity index is 1050. The number of aromatic amines is 1. The maximum Gasteiger partial charge on any atom is 0.205 e. The lowest BCUT2D eigenvalue weighted by atomic mass is 9.98. The van der Waals surface area contributed by atoms with E-state index in [1.54, 1.807) is 0 Å². The zero-order valence-corrected chi connectivity index (χ0v) is 15.9. The van der Waals surface area contributed by atoms with Crippen LogP contribution in [0.15, 0.2) is 48.5 Å². The van der Waals surface area contributed by atoms with E-state index in [0.717, 1.165) is 28.1 Å². The zero-order chi connectivity index (χ0) is 19.5. The van der Waals surface area contributed by atoms with Gasteiger partial charge in [-0.25, -0.2) is 9.67 Å². The maximum atomic E-state index is 5.71. The van der Waals surface area contributed by atoms with E-state index in [4.69, 9.17) is 5.73 Å². The Kier molecular flexibility index (Phi) is 4.94. The van der Waals surface area contributed by atoms with Crippen molar-refractivity contribution in [1.29, 1.82) is 0 Å².